The highest BCUT2D eigenvalue weighted by atomic mass is 35.5. The minimum absolute atomic E-state index is 0.292. The van der Waals surface area contributed by atoms with Crippen molar-refractivity contribution in [1.82, 2.24) is 4.98 Å². The third-order valence-electron chi connectivity index (χ3n) is 2.19. The maximum atomic E-state index is 13.3. The fourth-order valence-electron chi connectivity index (χ4n) is 1.58. The molecule has 0 aliphatic heterocycles. The molecule has 14 heavy (non-hydrogen) atoms. The Bertz CT molecular complexity index is 478. The van der Waals surface area contributed by atoms with Crippen molar-refractivity contribution >= 4 is 22.5 Å². The minimum Gasteiger partial charge on any atom is -0.389 e. The van der Waals surface area contributed by atoms with Gasteiger partial charge in [-0.15, -0.1) is 0 Å². The molecule has 0 aliphatic carbocycles. The van der Waals surface area contributed by atoms with Crippen LogP contribution in [-0.2, 0) is 0 Å². The summed E-state index contributed by atoms with van der Waals surface area (Å²) >= 11 is 5.85. The number of benzene rings is 1. The van der Waals surface area contributed by atoms with E-state index in [0.29, 0.717) is 21.6 Å². The highest BCUT2D eigenvalue weighted by molar-refractivity contribution is 6.31. The summed E-state index contributed by atoms with van der Waals surface area (Å²) < 4.78 is 13.3. The van der Waals surface area contributed by atoms with E-state index in [-0.39, 0.29) is 5.82 Å². The second-order valence-corrected chi connectivity index (χ2v) is 3.57. The number of aliphatic hydroxyl groups excluding tert-OH is 1. The molecule has 1 atom stereocenters. The molecule has 2 aromatic rings. The van der Waals surface area contributed by atoms with Crippen LogP contribution in [0.4, 0.5) is 4.39 Å². The van der Waals surface area contributed by atoms with Crippen LogP contribution in [0, 0.1) is 5.82 Å². The summed E-state index contributed by atoms with van der Waals surface area (Å²) in [4.78, 5) is 2.71. The van der Waals surface area contributed by atoms with Crippen LogP contribution >= 0.6 is 11.6 Å². The van der Waals surface area contributed by atoms with Crippen LogP contribution in [0.25, 0.3) is 10.9 Å². The SMILES string of the molecule is CC(O)c1c(Cl)[nH]c2c(F)cccc12. The molecule has 2 rings (SSSR count). The lowest BCUT2D eigenvalue weighted by Crippen LogP contribution is -1.89. The van der Waals surface area contributed by atoms with Gasteiger partial charge in [-0.05, 0) is 13.0 Å². The highest BCUT2D eigenvalue weighted by Crippen LogP contribution is 2.32. The molecule has 1 aromatic carbocycles. The lowest BCUT2D eigenvalue weighted by molar-refractivity contribution is 0.201. The third kappa shape index (κ3) is 1.29. The molecule has 0 bridgehead atoms. The predicted molar refractivity (Wildman–Crippen MR) is 53.9 cm³/mol. The van der Waals surface area contributed by atoms with E-state index in [9.17, 15) is 9.50 Å². The van der Waals surface area contributed by atoms with Crippen LogP contribution in [0.5, 0.6) is 0 Å². The zero-order valence-corrected chi connectivity index (χ0v) is 8.27. The largest absolute Gasteiger partial charge is 0.389 e. The summed E-state index contributed by atoms with van der Waals surface area (Å²) in [7, 11) is 0. The van der Waals surface area contributed by atoms with Gasteiger partial charge in [0.2, 0.25) is 0 Å². The maximum absolute atomic E-state index is 13.3. The monoisotopic (exact) mass is 213 g/mol. The molecule has 0 spiro atoms. The first-order valence-corrected chi connectivity index (χ1v) is 4.62. The number of rotatable bonds is 1. The lowest BCUT2D eigenvalue weighted by atomic mass is 10.1. The smallest absolute Gasteiger partial charge is 0.147 e. The summed E-state index contributed by atoms with van der Waals surface area (Å²) in [6, 6.07) is 4.66. The quantitative estimate of drug-likeness (QED) is 0.751. The number of H-pyrrole nitrogens is 1. The number of nitrogens with one attached hydrogen (secondary N) is 1. The Hall–Kier alpha value is -1.06. The van der Waals surface area contributed by atoms with Crippen molar-refractivity contribution in [2.75, 3.05) is 0 Å². The van der Waals surface area contributed by atoms with Gasteiger partial charge in [-0.25, -0.2) is 4.39 Å². The number of aromatic amines is 1. The number of aromatic nitrogens is 1. The Morgan fingerprint density at radius 2 is 2.21 bits per heavy atom. The Balaban J connectivity index is 2.83. The molecule has 4 heteroatoms. The predicted octanol–water partition coefficient (Wildman–Crippen LogP) is 3.01. The van der Waals surface area contributed by atoms with Gasteiger partial charge in [-0.3, -0.25) is 0 Å². The Kier molecular flexibility index (Phi) is 2.21. The molecule has 0 saturated carbocycles. The van der Waals surface area contributed by atoms with E-state index in [0.717, 1.165) is 0 Å². The number of aliphatic hydroxyl groups is 1. The standard InChI is InChI=1S/C10H9ClFNO/c1-5(14)8-6-3-2-4-7(12)9(6)13-10(8)11/h2-5,13-14H,1H3. The molecule has 0 aliphatic rings. The Morgan fingerprint density at radius 1 is 1.50 bits per heavy atom. The van der Waals surface area contributed by atoms with Gasteiger partial charge in [0.1, 0.15) is 11.0 Å². The average Bonchev–Trinajstić information content (AvgIpc) is 2.42. The molecule has 1 unspecified atom stereocenters. The van der Waals surface area contributed by atoms with Crippen molar-refractivity contribution in [1.29, 1.82) is 0 Å². The number of fused-ring (bicyclic) bond motifs is 1. The van der Waals surface area contributed by atoms with Gasteiger partial charge >= 0.3 is 0 Å². The first kappa shape index (κ1) is 9.49. The van der Waals surface area contributed by atoms with Crippen LogP contribution in [0.2, 0.25) is 5.15 Å². The number of para-hydroxylation sites is 1. The lowest BCUT2D eigenvalue weighted by Gasteiger charge is -2.02. The molecule has 2 N–H and O–H groups in total. The Labute approximate surface area is 85.3 Å². The van der Waals surface area contributed by atoms with E-state index in [1.165, 1.54) is 6.07 Å². The fraction of sp³-hybridized carbons (Fsp3) is 0.200. The van der Waals surface area contributed by atoms with Crippen molar-refractivity contribution in [3.8, 4) is 0 Å². The van der Waals surface area contributed by atoms with Gasteiger partial charge in [0.15, 0.2) is 0 Å². The average molecular weight is 214 g/mol. The molecule has 0 amide bonds. The van der Waals surface area contributed by atoms with E-state index in [1.807, 2.05) is 0 Å². The Morgan fingerprint density at radius 3 is 2.86 bits per heavy atom. The van der Waals surface area contributed by atoms with Gasteiger partial charge in [0.25, 0.3) is 0 Å². The molecular weight excluding hydrogens is 205 g/mol. The van der Waals surface area contributed by atoms with Crippen molar-refractivity contribution in [3.63, 3.8) is 0 Å². The number of hydrogen-bond acceptors (Lipinski definition) is 1. The van der Waals surface area contributed by atoms with Gasteiger partial charge < -0.3 is 10.1 Å². The summed E-state index contributed by atoms with van der Waals surface area (Å²) in [6.45, 7) is 1.60. The van der Waals surface area contributed by atoms with Crippen LogP contribution in [-0.4, -0.2) is 10.1 Å². The van der Waals surface area contributed by atoms with Crippen LogP contribution in [0.3, 0.4) is 0 Å². The highest BCUT2D eigenvalue weighted by Gasteiger charge is 2.15. The van der Waals surface area contributed by atoms with Crippen molar-refractivity contribution in [3.05, 3.63) is 34.7 Å². The molecule has 0 radical (unpaired) electrons. The second kappa shape index (κ2) is 3.26. The number of halogens is 2. The van der Waals surface area contributed by atoms with Gasteiger partial charge in [-0.1, -0.05) is 23.7 Å². The van der Waals surface area contributed by atoms with E-state index in [2.05, 4.69) is 4.98 Å². The third-order valence-corrected chi connectivity index (χ3v) is 2.49. The molecule has 74 valence electrons. The summed E-state index contributed by atoms with van der Waals surface area (Å²) in [5.74, 6) is -0.365. The van der Waals surface area contributed by atoms with Crippen LogP contribution in [0.15, 0.2) is 18.2 Å². The molecule has 2 nitrogen and oxygen atoms in total. The van der Waals surface area contributed by atoms with E-state index < -0.39 is 6.10 Å². The van der Waals surface area contributed by atoms with E-state index >= 15 is 0 Å². The molecule has 1 aromatic heterocycles. The van der Waals surface area contributed by atoms with Crippen molar-refractivity contribution < 1.29 is 9.50 Å². The zero-order valence-electron chi connectivity index (χ0n) is 7.51. The van der Waals surface area contributed by atoms with Gasteiger partial charge in [-0.2, -0.15) is 0 Å². The molecule has 0 fully saturated rings. The molecule has 1 heterocycles. The normalized spacial score (nSPS) is 13.4. The van der Waals surface area contributed by atoms with Gasteiger partial charge in [0.05, 0.1) is 11.6 Å². The van der Waals surface area contributed by atoms with Crippen molar-refractivity contribution in [2.45, 2.75) is 13.0 Å². The van der Waals surface area contributed by atoms with Crippen LogP contribution in [0.1, 0.15) is 18.6 Å². The summed E-state index contributed by atoms with van der Waals surface area (Å²) in [5.41, 5.74) is 0.884. The van der Waals surface area contributed by atoms with Gasteiger partial charge in [0, 0.05) is 10.9 Å². The topological polar surface area (TPSA) is 36.0 Å². The molecule has 0 saturated heterocycles. The first-order chi connectivity index (χ1) is 6.61. The summed E-state index contributed by atoms with van der Waals surface area (Å²) in [5, 5.41) is 10.4. The van der Waals surface area contributed by atoms with E-state index in [1.54, 1.807) is 19.1 Å². The van der Waals surface area contributed by atoms with E-state index in [4.69, 9.17) is 11.6 Å². The van der Waals surface area contributed by atoms with Crippen LogP contribution < -0.4 is 0 Å². The minimum atomic E-state index is -0.710. The second-order valence-electron chi connectivity index (χ2n) is 3.19. The summed E-state index contributed by atoms with van der Waals surface area (Å²) in [6.07, 6.45) is -0.710. The maximum Gasteiger partial charge on any atom is 0.147 e. The zero-order chi connectivity index (χ0) is 10.3. The number of hydrogen-bond donors (Lipinski definition) is 2. The first-order valence-electron chi connectivity index (χ1n) is 4.25. The van der Waals surface area contributed by atoms with Crippen molar-refractivity contribution in [2.24, 2.45) is 0 Å². The fourth-order valence-corrected chi connectivity index (χ4v) is 1.93. The molecular formula is C10H9ClFNO.